The van der Waals surface area contributed by atoms with Crippen LogP contribution in [0.1, 0.15) is 12.8 Å². The number of rotatable bonds is 0. The second-order valence-electron chi connectivity index (χ2n) is 1.29. The topological polar surface area (TPSA) is 38.7 Å². The van der Waals surface area contributed by atoms with Crippen LogP contribution in [0.4, 0.5) is 0 Å². The maximum atomic E-state index is 10.1. The third-order valence-electron chi connectivity index (χ3n) is 0.707. The average molecular weight is 99.1 g/mol. The van der Waals surface area contributed by atoms with Gasteiger partial charge in [-0.05, 0) is 6.42 Å². The molecule has 1 rings (SSSR count). The lowest BCUT2D eigenvalue weighted by molar-refractivity contribution is -0.144. The van der Waals surface area contributed by atoms with E-state index in [1.54, 1.807) is 6.21 Å². The van der Waals surface area contributed by atoms with Gasteiger partial charge in [-0.15, -0.1) is 0 Å². The van der Waals surface area contributed by atoms with E-state index in [4.69, 9.17) is 0 Å². The van der Waals surface area contributed by atoms with Crippen LogP contribution < -0.4 is 0 Å². The predicted octanol–water partition coefficient (Wildman–Crippen LogP) is 0.309. The van der Waals surface area contributed by atoms with Crippen molar-refractivity contribution in [2.75, 3.05) is 0 Å². The van der Waals surface area contributed by atoms with E-state index >= 15 is 0 Å². The highest BCUT2D eigenvalue weighted by Crippen LogP contribution is 1.95. The van der Waals surface area contributed by atoms with Crippen molar-refractivity contribution in [3.8, 4) is 0 Å². The summed E-state index contributed by atoms with van der Waals surface area (Å²) < 4.78 is 0. The summed E-state index contributed by atoms with van der Waals surface area (Å²) in [6, 6.07) is 0. The number of hydrogen-bond donors (Lipinski definition) is 0. The lowest BCUT2D eigenvalue weighted by Gasteiger charge is -1.97. The first-order chi connectivity index (χ1) is 3.39. The molecule has 0 saturated heterocycles. The Morgan fingerprint density at radius 2 is 2.71 bits per heavy atom. The summed E-state index contributed by atoms with van der Waals surface area (Å²) in [4.78, 5) is 14.3. The van der Waals surface area contributed by atoms with E-state index in [1.807, 2.05) is 0 Å². The Morgan fingerprint density at radius 1 is 1.86 bits per heavy atom. The van der Waals surface area contributed by atoms with Gasteiger partial charge in [-0.3, -0.25) is 0 Å². The summed E-state index contributed by atoms with van der Waals surface area (Å²) in [5.74, 6) is -0.234. The van der Waals surface area contributed by atoms with Crippen molar-refractivity contribution >= 4 is 12.2 Å². The van der Waals surface area contributed by atoms with Crippen LogP contribution in [-0.2, 0) is 9.63 Å². The van der Waals surface area contributed by atoms with Crippen molar-refractivity contribution in [3.63, 3.8) is 0 Å². The molecule has 0 bridgehead atoms. The zero-order valence-corrected chi connectivity index (χ0v) is 3.76. The quantitative estimate of drug-likeness (QED) is 0.410. The summed E-state index contributed by atoms with van der Waals surface area (Å²) >= 11 is 0. The second kappa shape index (κ2) is 1.73. The molecule has 0 N–H and O–H groups in total. The van der Waals surface area contributed by atoms with Gasteiger partial charge in [0.15, 0.2) is 0 Å². The van der Waals surface area contributed by atoms with Crippen LogP contribution in [0.3, 0.4) is 0 Å². The van der Waals surface area contributed by atoms with Crippen LogP contribution in [-0.4, -0.2) is 12.2 Å². The molecule has 0 fully saturated rings. The van der Waals surface area contributed by atoms with Crippen LogP contribution in [0, 0.1) is 0 Å². The lowest BCUT2D eigenvalue weighted by atomic mass is 10.3. The fourth-order valence-electron chi connectivity index (χ4n) is 0.377. The van der Waals surface area contributed by atoms with Gasteiger partial charge >= 0.3 is 5.97 Å². The average Bonchev–Trinajstić information content (AvgIpc) is 1.69. The van der Waals surface area contributed by atoms with Gasteiger partial charge in [0.25, 0.3) is 0 Å². The first-order valence-electron chi connectivity index (χ1n) is 2.11. The van der Waals surface area contributed by atoms with E-state index in [0.717, 1.165) is 6.42 Å². The smallest absolute Gasteiger partial charge is 0.319 e. The SMILES string of the molecule is O=C1CCC=NO1. The van der Waals surface area contributed by atoms with Gasteiger partial charge in [0.05, 0.1) is 6.42 Å². The van der Waals surface area contributed by atoms with E-state index in [0.29, 0.717) is 6.42 Å². The summed E-state index contributed by atoms with van der Waals surface area (Å²) in [6.45, 7) is 0. The maximum absolute atomic E-state index is 10.1. The van der Waals surface area contributed by atoms with E-state index in [-0.39, 0.29) is 5.97 Å². The van der Waals surface area contributed by atoms with E-state index in [9.17, 15) is 4.79 Å². The largest absolute Gasteiger partial charge is 0.335 e. The Balaban J connectivity index is 2.47. The molecule has 0 atom stereocenters. The molecule has 38 valence electrons. The molecule has 0 unspecified atom stereocenters. The Kier molecular flexibility index (Phi) is 1.06. The highest BCUT2D eigenvalue weighted by molar-refractivity contribution is 5.76. The molecular formula is C4H5NO2. The van der Waals surface area contributed by atoms with Crippen LogP contribution in [0.15, 0.2) is 5.16 Å². The van der Waals surface area contributed by atoms with Gasteiger partial charge in [0.2, 0.25) is 0 Å². The van der Waals surface area contributed by atoms with Crippen molar-refractivity contribution in [3.05, 3.63) is 0 Å². The number of hydrogen-bond acceptors (Lipinski definition) is 3. The first-order valence-corrected chi connectivity index (χ1v) is 2.11. The number of carbonyl (C=O) groups excluding carboxylic acids is 1. The Hall–Kier alpha value is -0.860. The summed E-state index contributed by atoms with van der Waals surface area (Å²) in [5.41, 5.74) is 0. The van der Waals surface area contributed by atoms with Gasteiger partial charge in [-0.1, -0.05) is 5.16 Å². The van der Waals surface area contributed by atoms with Crippen molar-refractivity contribution < 1.29 is 9.63 Å². The number of nitrogens with zero attached hydrogens (tertiary/aromatic N) is 1. The van der Waals surface area contributed by atoms with Gasteiger partial charge in [0.1, 0.15) is 0 Å². The molecule has 3 nitrogen and oxygen atoms in total. The highest BCUT2D eigenvalue weighted by Gasteiger charge is 2.03. The van der Waals surface area contributed by atoms with Gasteiger partial charge in [0, 0.05) is 6.21 Å². The standard InChI is InChI=1S/C4H5NO2/c6-4-2-1-3-5-7-4/h3H,1-2H2. The number of carbonyl (C=O) groups is 1. The maximum Gasteiger partial charge on any atom is 0.335 e. The minimum atomic E-state index is -0.234. The molecule has 0 aliphatic carbocycles. The highest BCUT2D eigenvalue weighted by atomic mass is 16.7. The van der Waals surface area contributed by atoms with Crippen molar-refractivity contribution in [2.24, 2.45) is 5.16 Å². The predicted molar refractivity (Wildman–Crippen MR) is 23.8 cm³/mol. The van der Waals surface area contributed by atoms with Crippen LogP contribution >= 0.6 is 0 Å². The molecular weight excluding hydrogens is 94.0 g/mol. The molecule has 0 radical (unpaired) electrons. The minimum absolute atomic E-state index is 0.234. The number of oxime groups is 1. The summed E-state index contributed by atoms with van der Waals surface area (Å²) in [5, 5.41) is 3.28. The Bertz CT molecular complexity index is 108. The zero-order chi connectivity index (χ0) is 5.11. The fraction of sp³-hybridized carbons (Fsp3) is 0.500. The molecule has 0 aromatic heterocycles. The molecule has 0 saturated carbocycles. The molecule has 0 aromatic rings. The first kappa shape index (κ1) is 4.30. The van der Waals surface area contributed by atoms with Gasteiger partial charge < -0.3 is 4.84 Å². The zero-order valence-electron chi connectivity index (χ0n) is 3.76. The lowest BCUT2D eigenvalue weighted by Crippen LogP contribution is -2.04. The monoisotopic (exact) mass is 99.0 g/mol. The van der Waals surface area contributed by atoms with E-state index < -0.39 is 0 Å². The normalized spacial score (nSPS) is 19.1. The third kappa shape index (κ3) is 0.994. The molecule has 7 heavy (non-hydrogen) atoms. The van der Waals surface area contributed by atoms with Crippen molar-refractivity contribution in [1.82, 2.24) is 0 Å². The van der Waals surface area contributed by atoms with Gasteiger partial charge in [-0.2, -0.15) is 0 Å². The van der Waals surface area contributed by atoms with Crippen LogP contribution in [0.5, 0.6) is 0 Å². The Morgan fingerprint density at radius 3 is 3.00 bits per heavy atom. The third-order valence-corrected chi connectivity index (χ3v) is 0.707. The molecule has 1 heterocycles. The Labute approximate surface area is 41.0 Å². The molecule has 1 aliphatic heterocycles. The van der Waals surface area contributed by atoms with Crippen molar-refractivity contribution in [1.29, 1.82) is 0 Å². The van der Waals surface area contributed by atoms with E-state index in [2.05, 4.69) is 9.99 Å². The van der Waals surface area contributed by atoms with Crippen LogP contribution in [0.25, 0.3) is 0 Å². The molecule has 0 amide bonds. The molecule has 3 heteroatoms. The van der Waals surface area contributed by atoms with Gasteiger partial charge in [-0.25, -0.2) is 4.79 Å². The summed E-state index contributed by atoms with van der Waals surface area (Å²) in [7, 11) is 0. The second-order valence-corrected chi connectivity index (χ2v) is 1.29. The van der Waals surface area contributed by atoms with Crippen LogP contribution in [0.2, 0.25) is 0 Å². The minimum Gasteiger partial charge on any atom is -0.319 e. The summed E-state index contributed by atoms with van der Waals surface area (Å²) in [6.07, 6.45) is 2.78. The molecule has 1 aliphatic rings. The van der Waals surface area contributed by atoms with E-state index in [1.165, 1.54) is 0 Å². The fourth-order valence-corrected chi connectivity index (χ4v) is 0.377. The molecule has 0 spiro atoms. The van der Waals surface area contributed by atoms with Crippen molar-refractivity contribution in [2.45, 2.75) is 12.8 Å². The molecule has 0 aromatic carbocycles.